The summed E-state index contributed by atoms with van der Waals surface area (Å²) < 4.78 is 0. The highest BCUT2D eigenvalue weighted by atomic mass is 32.1. The monoisotopic (exact) mass is 248 g/mol. The van der Waals surface area contributed by atoms with Crippen LogP contribution in [0.5, 0.6) is 0 Å². The maximum Gasteiger partial charge on any atom is 0.0795 e. The van der Waals surface area contributed by atoms with Crippen molar-refractivity contribution in [1.82, 2.24) is 9.97 Å². The van der Waals surface area contributed by atoms with Crippen LogP contribution in [0, 0.1) is 0 Å². The highest BCUT2D eigenvalue weighted by Crippen LogP contribution is 2.16. The summed E-state index contributed by atoms with van der Waals surface area (Å²) in [6.07, 6.45) is 1.85. The molecule has 0 spiro atoms. The summed E-state index contributed by atoms with van der Waals surface area (Å²) in [6, 6.07) is 3.99. The Kier molecular flexibility index (Phi) is 3.71. The number of pyridine rings is 1. The third-order valence-electron chi connectivity index (χ3n) is 2.56. The van der Waals surface area contributed by atoms with E-state index >= 15 is 0 Å². The fraction of sp³-hybridized carbons (Fsp3) is 0.333. The number of nitrogens with zero attached hydrogens (tertiary/aromatic N) is 3. The normalized spacial score (nSPS) is 12.4. The van der Waals surface area contributed by atoms with Gasteiger partial charge in [0.2, 0.25) is 0 Å². The van der Waals surface area contributed by atoms with Gasteiger partial charge >= 0.3 is 0 Å². The number of rotatable bonds is 4. The first kappa shape index (κ1) is 12.0. The molecule has 2 heterocycles. The molecule has 0 radical (unpaired) electrons. The topological polar surface area (TPSA) is 55.0 Å². The van der Waals surface area contributed by atoms with Crippen LogP contribution in [-0.2, 0) is 6.54 Å². The van der Waals surface area contributed by atoms with Gasteiger partial charge in [0.15, 0.2) is 0 Å². The molecule has 0 bridgehead atoms. The lowest BCUT2D eigenvalue weighted by Gasteiger charge is -2.18. The summed E-state index contributed by atoms with van der Waals surface area (Å²) in [6.45, 7) is 2.73. The number of hydrogen-bond donors (Lipinski definition) is 1. The van der Waals surface area contributed by atoms with E-state index in [9.17, 15) is 0 Å². The summed E-state index contributed by atoms with van der Waals surface area (Å²) in [4.78, 5) is 10.7. The van der Waals surface area contributed by atoms with Gasteiger partial charge in [0, 0.05) is 18.5 Å². The molecule has 90 valence electrons. The fourth-order valence-corrected chi connectivity index (χ4v) is 2.09. The molecule has 2 N–H and O–H groups in total. The molecule has 0 aliphatic heterocycles. The van der Waals surface area contributed by atoms with Gasteiger partial charge in [-0.2, -0.15) is 0 Å². The molecule has 17 heavy (non-hydrogen) atoms. The zero-order valence-electron chi connectivity index (χ0n) is 10.00. The van der Waals surface area contributed by atoms with E-state index in [2.05, 4.69) is 20.2 Å². The second-order valence-corrected chi connectivity index (χ2v) is 4.78. The van der Waals surface area contributed by atoms with Crippen LogP contribution >= 0.6 is 11.3 Å². The maximum absolute atomic E-state index is 5.76. The van der Waals surface area contributed by atoms with Crippen molar-refractivity contribution < 1.29 is 0 Å². The molecule has 0 saturated carbocycles. The fourth-order valence-electron chi connectivity index (χ4n) is 1.54. The Balaban J connectivity index is 2.06. The van der Waals surface area contributed by atoms with Crippen LogP contribution < -0.4 is 10.6 Å². The van der Waals surface area contributed by atoms with Crippen LogP contribution in [0.25, 0.3) is 0 Å². The van der Waals surface area contributed by atoms with Gasteiger partial charge in [0.25, 0.3) is 0 Å². The number of thiazole rings is 1. The van der Waals surface area contributed by atoms with Gasteiger partial charge in [0.05, 0.1) is 35.3 Å². The minimum Gasteiger partial charge on any atom is -0.367 e. The molecule has 2 rings (SSSR count). The molecule has 1 atom stereocenters. The lowest BCUT2D eigenvalue weighted by Crippen LogP contribution is -2.17. The summed E-state index contributed by atoms with van der Waals surface area (Å²) in [5.74, 6) is 0. The second kappa shape index (κ2) is 5.25. The molecular weight excluding hydrogens is 232 g/mol. The summed E-state index contributed by atoms with van der Waals surface area (Å²) in [7, 11) is 2.03. The molecule has 2 aromatic heterocycles. The van der Waals surface area contributed by atoms with E-state index in [4.69, 9.17) is 5.73 Å². The van der Waals surface area contributed by atoms with Gasteiger partial charge in [-0.3, -0.25) is 4.98 Å². The van der Waals surface area contributed by atoms with Crippen molar-refractivity contribution >= 4 is 17.0 Å². The van der Waals surface area contributed by atoms with E-state index in [1.807, 2.05) is 37.8 Å². The molecule has 5 heteroatoms. The largest absolute Gasteiger partial charge is 0.367 e. The van der Waals surface area contributed by atoms with Crippen LogP contribution in [0.15, 0.2) is 29.2 Å². The molecular formula is C12H16N4S. The van der Waals surface area contributed by atoms with Crippen molar-refractivity contribution in [2.24, 2.45) is 5.73 Å². The predicted octanol–water partition coefficient (Wildman–Crippen LogP) is 2.19. The third-order valence-corrected chi connectivity index (χ3v) is 3.20. The Labute approximate surface area is 105 Å². The molecule has 0 saturated heterocycles. The van der Waals surface area contributed by atoms with Crippen LogP contribution in [0.4, 0.5) is 5.69 Å². The van der Waals surface area contributed by atoms with E-state index in [-0.39, 0.29) is 6.04 Å². The van der Waals surface area contributed by atoms with Crippen LogP contribution in [0.3, 0.4) is 0 Å². The number of aromatic nitrogens is 2. The Hall–Kier alpha value is -1.46. The van der Waals surface area contributed by atoms with Crippen molar-refractivity contribution in [3.05, 3.63) is 40.6 Å². The van der Waals surface area contributed by atoms with Crippen LogP contribution in [0.1, 0.15) is 24.4 Å². The van der Waals surface area contributed by atoms with Gasteiger partial charge in [-0.05, 0) is 19.1 Å². The standard InChI is InChI=1S/C12H16N4S/c1-9(13)12-4-3-11(5-14-12)16(2)6-10-7-17-8-15-10/h3-5,7-9H,6,13H2,1-2H3/t9-/m0/s1. The van der Waals surface area contributed by atoms with Gasteiger partial charge in [-0.25, -0.2) is 4.98 Å². The maximum atomic E-state index is 5.76. The Bertz CT molecular complexity index is 450. The highest BCUT2D eigenvalue weighted by molar-refractivity contribution is 7.07. The SMILES string of the molecule is C[C@H](N)c1ccc(N(C)Cc2cscn2)cn1. The minimum absolute atomic E-state index is 0.0205. The average molecular weight is 248 g/mol. The number of nitrogens with two attached hydrogens (primary N) is 1. The smallest absolute Gasteiger partial charge is 0.0795 e. The predicted molar refractivity (Wildman–Crippen MR) is 71.1 cm³/mol. The Morgan fingerprint density at radius 2 is 2.24 bits per heavy atom. The van der Waals surface area contributed by atoms with E-state index < -0.39 is 0 Å². The summed E-state index contributed by atoms with van der Waals surface area (Å²) in [5.41, 5.74) is 10.7. The van der Waals surface area contributed by atoms with Crippen molar-refractivity contribution in [2.45, 2.75) is 19.5 Å². The molecule has 0 aromatic carbocycles. The quantitative estimate of drug-likeness (QED) is 0.901. The van der Waals surface area contributed by atoms with E-state index in [1.54, 1.807) is 11.3 Å². The van der Waals surface area contributed by atoms with E-state index in [0.717, 1.165) is 23.6 Å². The van der Waals surface area contributed by atoms with Crippen molar-refractivity contribution in [3.63, 3.8) is 0 Å². The highest BCUT2D eigenvalue weighted by Gasteiger charge is 2.05. The number of anilines is 1. The third kappa shape index (κ3) is 3.01. The molecule has 0 aliphatic rings. The number of hydrogen-bond acceptors (Lipinski definition) is 5. The Morgan fingerprint density at radius 3 is 2.76 bits per heavy atom. The van der Waals surface area contributed by atoms with Gasteiger partial charge in [-0.1, -0.05) is 0 Å². The van der Waals surface area contributed by atoms with Gasteiger partial charge < -0.3 is 10.6 Å². The average Bonchev–Trinajstić information content (AvgIpc) is 2.82. The molecule has 2 aromatic rings. The molecule has 0 unspecified atom stereocenters. The summed E-state index contributed by atoms with van der Waals surface area (Å²) in [5, 5.41) is 2.06. The van der Waals surface area contributed by atoms with Crippen molar-refractivity contribution in [1.29, 1.82) is 0 Å². The van der Waals surface area contributed by atoms with Crippen molar-refractivity contribution in [3.8, 4) is 0 Å². The first-order chi connectivity index (χ1) is 8.16. The zero-order chi connectivity index (χ0) is 12.3. The first-order valence-corrected chi connectivity index (χ1v) is 6.41. The minimum atomic E-state index is -0.0205. The molecule has 4 nitrogen and oxygen atoms in total. The second-order valence-electron chi connectivity index (χ2n) is 4.07. The summed E-state index contributed by atoms with van der Waals surface area (Å²) >= 11 is 1.61. The van der Waals surface area contributed by atoms with Crippen LogP contribution in [0.2, 0.25) is 0 Å². The lowest BCUT2D eigenvalue weighted by atomic mass is 10.2. The molecule has 0 amide bonds. The van der Waals surface area contributed by atoms with Gasteiger partial charge in [0.1, 0.15) is 0 Å². The van der Waals surface area contributed by atoms with Gasteiger partial charge in [-0.15, -0.1) is 11.3 Å². The molecule has 0 fully saturated rings. The Morgan fingerprint density at radius 1 is 1.41 bits per heavy atom. The van der Waals surface area contributed by atoms with Crippen LogP contribution in [-0.4, -0.2) is 17.0 Å². The van der Waals surface area contributed by atoms with E-state index in [0.29, 0.717) is 0 Å². The molecule has 0 aliphatic carbocycles. The van der Waals surface area contributed by atoms with E-state index in [1.165, 1.54) is 0 Å². The first-order valence-electron chi connectivity index (χ1n) is 5.46. The van der Waals surface area contributed by atoms with Crippen molar-refractivity contribution in [2.75, 3.05) is 11.9 Å². The lowest BCUT2D eigenvalue weighted by molar-refractivity contribution is 0.778. The zero-order valence-corrected chi connectivity index (χ0v) is 10.8.